The van der Waals surface area contributed by atoms with Crippen molar-refractivity contribution in [3.05, 3.63) is 90.8 Å². The number of nitrogens with zero attached hydrogens (tertiary/aromatic N) is 4. The number of carbonyl (C=O) groups is 1. The van der Waals surface area contributed by atoms with Crippen LogP contribution in [0.5, 0.6) is 0 Å². The Morgan fingerprint density at radius 1 is 1.06 bits per heavy atom. The fourth-order valence-electron chi connectivity index (χ4n) is 4.81. The van der Waals surface area contributed by atoms with E-state index in [0.717, 1.165) is 28.1 Å². The van der Waals surface area contributed by atoms with Crippen LogP contribution in [0.15, 0.2) is 84.4 Å². The Morgan fingerprint density at radius 3 is 2.67 bits per heavy atom. The molecule has 2 aliphatic rings. The van der Waals surface area contributed by atoms with Gasteiger partial charge in [0.05, 0.1) is 35.9 Å². The molecule has 180 valence electrons. The number of hydrogen-bond acceptors (Lipinski definition) is 5. The summed E-state index contributed by atoms with van der Waals surface area (Å²) < 4.78 is 15.5. The van der Waals surface area contributed by atoms with Gasteiger partial charge < -0.3 is 19.9 Å². The number of hydrogen-bond donors (Lipinski definition) is 2. The topological polar surface area (TPSA) is 82.8 Å². The van der Waals surface area contributed by atoms with Gasteiger partial charge in [0.1, 0.15) is 5.82 Å². The summed E-state index contributed by atoms with van der Waals surface area (Å²) in [6.07, 6.45) is 5.70. The molecule has 0 bridgehead atoms. The number of imidazole rings is 1. The van der Waals surface area contributed by atoms with Crippen LogP contribution >= 0.6 is 0 Å². The zero-order chi connectivity index (χ0) is 24.6. The van der Waals surface area contributed by atoms with Gasteiger partial charge in [0, 0.05) is 42.4 Å². The largest absolute Gasteiger partial charge is 0.391 e. The average Bonchev–Trinajstić information content (AvgIpc) is 3.54. The van der Waals surface area contributed by atoms with Gasteiger partial charge in [-0.25, -0.2) is 9.37 Å². The molecule has 1 atom stereocenters. The highest BCUT2D eigenvalue weighted by Gasteiger charge is 2.26. The molecule has 3 heterocycles. The van der Waals surface area contributed by atoms with Crippen LogP contribution in [-0.2, 0) is 4.79 Å². The fraction of sp³-hybridized carbons (Fsp3) is 0.179. The smallest absolute Gasteiger partial charge is 0.230 e. The second kappa shape index (κ2) is 9.05. The first-order valence-electron chi connectivity index (χ1n) is 11.9. The molecule has 1 unspecified atom stereocenters. The van der Waals surface area contributed by atoms with Crippen molar-refractivity contribution in [3.8, 4) is 16.8 Å². The molecule has 3 aromatic carbocycles. The standard InChI is InChI=1S/C28H24FN5O2/c29-20-6-4-18(5-7-20)23-13-25-26(14-27(23)33-10-8-22(35)16-33)31-24(15-28(36)32-25)19-2-1-3-21(12-19)34-11-9-30-17-34/h1-7,9,11-14,17,22,35H,8,10,15-16H2,(H,32,36). The number of β-amino-alcohol motifs (C(OH)–C–C–N with tert-alkyl or cyclic N) is 1. The molecular weight excluding hydrogens is 457 g/mol. The first-order valence-corrected chi connectivity index (χ1v) is 11.9. The van der Waals surface area contributed by atoms with E-state index < -0.39 is 6.10 Å². The summed E-state index contributed by atoms with van der Waals surface area (Å²) in [5.74, 6) is -0.470. The summed E-state index contributed by atoms with van der Waals surface area (Å²) in [7, 11) is 0. The molecule has 6 rings (SSSR count). The highest BCUT2D eigenvalue weighted by molar-refractivity contribution is 6.17. The van der Waals surface area contributed by atoms with Crippen molar-refractivity contribution in [2.24, 2.45) is 4.99 Å². The summed E-state index contributed by atoms with van der Waals surface area (Å²) in [4.78, 5) is 24.1. The molecule has 7 nitrogen and oxygen atoms in total. The molecule has 0 saturated carbocycles. The van der Waals surface area contributed by atoms with Crippen LogP contribution in [0.1, 0.15) is 18.4 Å². The maximum absolute atomic E-state index is 13.6. The third-order valence-corrected chi connectivity index (χ3v) is 6.61. The molecule has 0 aliphatic carbocycles. The van der Waals surface area contributed by atoms with E-state index in [1.54, 1.807) is 24.7 Å². The lowest BCUT2D eigenvalue weighted by Crippen LogP contribution is -2.22. The quantitative estimate of drug-likeness (QED) is 0.442. The number of anilines is 2. The lowest BCUT2D eigenvalue weighted by molar-refractivity contribution is -0.115. The molecule has 2 N–H and O–H groups in total. The van der Waals surface area contributed by atoms with E-state index in [4.69, 9.17) is 4.99 Å². The summed E-state index contributed by atoms with van der Waals surface area (Å²) in [5, 5.41) is 13.2. The van der Waals surface area contributed by atoms with E-state index >= 15 is 0 Å². The minimum absolute atomic E-state index is 0.131. The van der Waals surface area contributed by atoms with Gasteiger partial charge in [0.25, 0.3) is 0 Å². The van der Waals surface area contributed by atoms with Gasteiger partial charge in [-0.15, -0.1) is 0 Å². The van der Waals surface area contributed by atoms with Crippen LogP contribution in [0.4, 0.5) is 21.5 Å². The van der Waals surface area contributed by atoms with E-state index in [0.29, 0.717) is 36.6 Å². The second-order valence-corrected chi connectivity index (χ2v) is 9.09. The maximum atomic E-state index is 13.6. The Bertz CT molecular complexity index is 1460. The molecule has 2 aliphatic heterocycles. The van der Waals surface area contributed by atoms with Crippen LogP contribution in [0.25, 0.3) is 16.8 Å². The molecule has 1 amide bonds. The second-order valence-electron chi connectivity index (χ2n) is 9.09. The normalized spacial score (nSPS) is 17.4. The van der Waals surface area contributed by atoms with Crippen LogP contribution in [0.2, 0.25) is 0 Å². The van der Waals surface area contributed by atoms with Gasteiger partial charge >= 0.3 is 0 Å². The first-order chi connectivity index (χ1) is 17.5. The highest BCUT2D eigenvalue weighted by atomic mass is 19.1. The zero-order valence-electron chi connectivity index (χ0n) is 19.4. The number of benzene rings is 3. The van der Waals surface area contributed by atoms with Crippen LogP contribution in [0.3, 0.4) is 0 Å². The van der Waals surface area contributed by atoms with Gasteiger partial charge in [0.2, 0.25) is 5.91 Å². The molecule has 0 radical (unpaired) electrons. The molecule has 36 heavy (non-hydrogen) atoms. The van der Waals surface area contributed by atoms with E-state index in [2.05, 4.69) is 15.2 Å². The monoisotopic (exact) mass is 481 g/mol. The van der Waals surface area contributed by atoms with Crippen molar-refractivity contribution >= 4 is 28.7 Å². The predicted octanol–water partition coefficient (Wildman–Crippen LogP) is 4.71. The third-order valence-electron chi connectivity index (χ3n) is 6.61. The molecule has 1 saturated heterocycles. The lowest BCUT2D eigenvalue weighted by Gasteiger charge is -2.23. The van der Waals surface area contributed by atoms with Crippen molar-refractivity contribution in [3.63, 3.8) is 0 Å². The molecular formula is C28H24FN5O2. The number of aromatic nitrogens is 2. The predicted molar refractivity (Wildman–Crippen MR) is 138 cm³/mol. The Hall–Kier alpha value is -4.30. The number of carbonyl (C=O) groups excluding carboxylic acids is 1. The minimum atomic E-state index is -0.408. The van der Waals surface area contributed by atoms with Crippen molar-refractivity contribution in [1.29, 1.82) is 0 Å². The summed E-state index contributed by atoms with van der Waals surface area (Å²) in [5.41, 5.74) is 6.25. The van der Waals surface area contributed by atoms with Crippen LogP contribution in [0, 0.1) is 5.82 Å². The summed E-state index contributed by atoms with van der Waals surface area (Å²) in [6.45, 7) is 1.20. The van der Waals surface area contributed by atoms with E-state index in [-0.39, 0.29) is 18.1 Å². The number of halogens is 1. The third kappa shape index (κ3) is 4.27. The van der Waals surface area contributed by atoms with Crippen molar-refractivity contribution in [2.75, 3.05) is 23.3 Å². The lowest BCUT2D eigenvalue weighted by atomic mass is 10.0. The van der Waals surface area contributed by atoms with Gasteiger partial charge in [0.15, 0.2) is 0 Å². The van der Waals surface area contributed by atoms with E-state index in [9.17, 15) is 14.3 Å². The molecule has 1 fully saturated rings. The first kappa shape index (κ1) is 22.2. The Kier molecular flexibility index (Phi) is 5.58. The van der Waals surface area contributed by atoms with Crippen molar-refractivity contribution in [1.82, 2.24) is 9.55 Å². The van der Waals surface area contributed by atoms with Gasteiger partial charge in [-0.1, -0.05) is 24.3 Å². The van der Waals surface area contributed by atoms with Gasteiger partial charge in [-0.2, -0.15) is 0 Å². The van der Waals surface area contributed by atoms with Gasteiger partial charge in [-0.3, -0.25) is 9.79 Å². The number of aliphatic hydroxyl groups excluding tert-OH is 1. The number of rotatable bonds is 4. The van der Waals surface area contributed by atoms with Crippen LogP contribution in [-0.4, -0.2) is 45.5 Å². The Balaban J connectivity index is 1.48. The number of aliphatic hydroxyl groups is 1. The number of fused-ring (bicyclic) bond motifs is 1. The number of aliphatic imine (C=N–C) groups is 1. The van der Waals surface area contributed by atoms with E-state index in [1.165, 1.54) is 12.1 Å². The van der Waals surface area contributed by atoms with Crippen molar-refractivity contribution in [2.45, 2.75) is 18.9 Å². The molecule has 1 aromatic heterocycles. The van der Waals surface area contributed by atoms with Crippen LogP contribution < -0.4 is 10.2 Å². The minimum Gasteiger partial charge on any atom is -0.391 e. The summed E-state index contributed by atoms with van der Waals surface area (Å²) >= 11 is 0. The molecule has 4 aromatic rings. The summed E-state index contributed by atoms with van der Waals surface area (Å²) in [6, 6.07) is 18.0. The Labute approximate surface area is 207 Å². The molecule has 0 spiro atoms. The highest BCUT2D eigenvalue weighted by Crippen LogP contribution is 2.42. The fourth-order valence-corrected chi connectivity index (χ4v) is 4.81. The van der Waals surface area contributed by atoms with Gasteiger partial charge in [-0.05, 0) is 53.9 Å². The SMILES string of the molecule is O=C1CC(c2cccc(-n3ccnc3)c2)=Nc2cc(N3CCC(O)C3)c(-c3ccc(F)cc3)cc2N1. The maximum Gasteiger partial charge on any atom is 0.230 e. The number of amides is 1. The molecule has 8 heteroatoms. The number of nitrogens with one attached hydrogen (secondary N) is 1. The zero-order valence-corrected chi connectivity index (χ0v) is 19.4. The van der Waals surface area contributed by atoms with Crippen molar-refractivity contribution < 1.29 is 14.3 Å². The Morgan fingerprint density at radius 2 is 1.92 bits per heavy atom. The van der Waals surface area contributed by atoms with E-state index in [1.807, 2.05) is 47.2 Å². The average molecular weight is 482 g/mol.